The molecule has 1 N–H and O–H groups in total. The number of anilines is 1. The number of amides is 1. The van der Waals surface area contributed by atoms with Crippen LogP contribution in [-0.4, -0.2) is 10.5 Å². The number of para-hydroxylation sites is 1. The van der Waals surface area contributed by atoms with Crippen molar-refractivity contribution in [3.63, 3.8) is 0 Å². The van der Waals surface area contributed by atoms with Crippen LogP contribution in [0.4, 0.5) is 5.82 Å². The maximum absolute atomic E-state index is 13.3. The highest BCUT2D eigenvalue weighted by atomic mass is 16.1. The maximum Gasteiger partial charge on any atom is 0.256 e. The summed E-state index contributed by atoms with van der Waals surface area (Å²) in [5.41, 5.74) is 3.56. The van der Waals surface area contributed by atoms with E-state index in [4.69, 9.17) is 0 Å². The van der Waals surface area contributed by atoms with Crippen LogP contribution in [0.5, 0.6) is 0 Å². The summed E-state index contributed by atoms with van der Waals surface area (Å²) in [5, 5.41) is 3.59. The van der Waals surface area contributed by atoms with E-state index in [0.717, 1.165) is 16.6 Å². The predicted molar refractivity (Wildman–Crippen MR) is 114 cm³/mol. The van der Waals surface area contributed by atoms with Gasteiger partial charge >= 0.3 is 0 Å². The number of aryl methyl sites for hydroxylation is 2. The largest absolute Gasteiger partial charge is 0.330 e. The van der Waals surface area contributed by atoms with Crippen molar-refractivity contribution in [1.82, 2.24) is 4.57 Å². The number of nitrogens with zero attached hydrogens (tertiary/aromatic N) is 1. The van der Waals surface area contributed by atoms with Crippen molar-refractivity contribution in [2.45, 2.75) is 6.92 Å². The van der Waals surface area contributed by atoms with Crippen LogP contribution in [0.3, 0.4) is 0 Å². The molecule has 4 nitrogen and oxygen atoms in total. The first-order valence-electron chi connectivity index (χ1n) is 9.11. The van der Waals surface area contributed by atoms with Gasteiger partial charge in [0.05, 0.1) is 11.1 Å². The Balaban J connectivity index is 1.93. The summed E-state index contributed by atoms with van der Waals surface area (Å²) in [6, 6.07) is 24.2. The van der Waals surface area contributed by atoms with Gasteiger partial charge in [0, 0.05) is 18.0 Å². The predicted octanol–water partition coefficient (Wildman–Crippen LogP) is 4.77. The van der Waals surface area contributed by atoms with Crippen molar-refractivity contribution in [1.29, 1.82) is 0 Å². The second-order valence-electron chi connectivity index (χ2n) is 6.82. The van der Waals surface area contributed by atoms with E-state index in [1.807, 2.05) is 85.3 Å². The van der Waals surface area contributed by atoms with Gasteiger partial charge in [-0.15, -0.1) is 0 Å². The van der Waals surface area contributed by atoms with Gasteiger partial charge in [0.2, 0.25) is 0 Å². The Labute approximate surface area is 163 Å². The molecule has 138 valence electrons. The van der Waals surface area contributed by atoms with Crippen molar-refractivity contribution < 1.29 is 4.79 Å². The number of nitrogens with one attached hydrogen (secondary N) is 1. The molecule has 0 fully saturated rings. The molecule has 1 aromatic heterocycles. The number of hydrogen-bond acceptors (Lipinski definition) is 2. The van der Waals surface area contributed by atoms with Crippen molar-refractivity contribution in [3.8, 4) is 11.1 Å². The molecule has 0 saturated heterocycles. The number of aromatic nitrogens is 1. The molecule has 0 radical (unpaired) electrons. The Morgan fingerprint density at radius 3 is 2.21 bits per heavy atom. The average Bonchev–Trinajstić information content (AvgIpc) is 2.73. The van der Waals surface area contributed by atoms with Crippen LogP contribution in [0.1, 0.15) is 15.9 Å². The highest BCUT2D eigenvalue weighted by Crippen LogP contribution is 2.28. The highest BCUT2D eigenvalue weighted by molar-refractivity contribution is 6.06. The second kappa shape index (κ2) is 7.16. The van der Waals surface area contributed by atoms with Gasteiger partial charge in [-0.1, -0.05) is 60.2 Å². The number of rotatable bonds is 3. The molecular formula is C24H20N2O2. The molecule has 3 aromatic carbocycles. The SMILES string of the molecule is Cc1ccc(C(=O)Nc2c(-c3ccccc3)c(=O)c3ccccc3n2C)cc1. The number of hydrogen-bond donors (Lipinski definition) is 1. The van der Waals surface area contributed by atoms with Crippen LogP contribution < -0.4 is 10.7 Å². The molecule has 0 atom stereocenters. The number of carbonyl (C=O) groups excluding carboxylic acids is 1. The number of fused-ring (bicyclic) bond motifs is 1. The van der Waals surface area contributed by atoms with Gasteiger partial charge in [-0.25, -0.2) is 0 Å². The molecule has 0 bridgehead atoms. The van der Waals surface area contributed by atoms with Crippen molar-refractivity contribution in [2.75, 3.05) is 5.32 Å². The fraction of sp³-hybridized carbons (Fsp3) is 0.0833. The minimum Gasteiger partial charge on any atom is -0.330 e. The Hall–Kier alpha value is -3.66. The molecule has 4 rings (SSSR count). The molecule has 1 amide bonds. The Kier molecular flexibility index (Phi) is 4.53. The van der Waals surface area contributed by atoms with E-state index in [9.17, 15) is 9.59 Å². The summed E-state index contributed by atoms with van der Waals surface area (Å²) in [6.45, 7) is 1.97. The van der Waals surface area contributed by atoms with Gasteiger partial charge in [0.15, 0.2) is 5.43 Å². The van der Waals surface area contributed by atoms with Crippen molar-refractivity contribution in [3.05, 3.63) is 100 Å². The maximum atomic E-state index is 13.3. The van der Waals surface area contributed by atoms with E-state index in [0.29, 0.717) is 22.3 Å². The molecule has 4 heteroatoms. The summed E-state index contributed by atoms with van der Waals surface area (Å²) < 4.78 is 1.87. The van der Waals surface area contributed by atoms with E-state index in [1.165, 1.54) is 0 Å². The highest BCUT2D eigenvalue weighted by Gasteiger charge is 2.19. The van der Waals surface area contributed by atoms with Gasteiger partial charge in [0.1, 0.15) is 5.82 Å². The van der Waals surface area contributed by atoms with Gasteiger partial charge < -0.3 is 9.88 Å². The van der Waals surface area contributed by atoms with Crippen LogP contribution >= 0.6 is 0 Å². The Morgan fingerprint density at radius 2 is 1.50 bits per heavy atom. The molecule has 0 aliphatic rings. The van der Waals surface area contributed by atoms with Crippen molar-refractivity contribution in [2.24, 2.45) is 7.05 Å². The summed E-state index contributed by atoms with van der Waals surface area (Å²) in [7, 11) is 1.86. The normalized spacial score (nSPS) is 10.8. The van der Waals surface area contributed by atoms with Crippen LogP contribution in [0.15, 0.2) is 83.7 Å². The minimum atomic E-state index is -0.248. The first-order chi connectivity index (χ1) is 13.6. The fourth-order valence-electron chi connectivity index (χ4n) is 3.39. The standard InChI is InChI=1S/C24H20N2O2/c1-16-12-14-18(15-13-16)24(28)25-23-21(17-8-4-3-5-9-17)22(27)19-10-6-7-11-20(19)26(23)2/h3-15H,1-2H3,(H,25,28). The molecular weight excluding hydrogens is 348 g/mol. The topological polar surface area (TPSA) is 51.1 Å². The second-order valence-corrected chi connectivity index (χ2v) is 6.82. The lowest BCUT2D eigenvalue weighted by Crippen LogP contribution is -2.21. The number of carbonyl (C=O) groups is 1. The lowest BCUT2D eigenvalue weighted by molar-refractivity contribution is 0.102. The molecule has 0 spiro atoms. The van der Waals surface area contributed by atoms with E-state index in [1.54, 1.807) is 12.1 Å². The zero-order chi connectivity index (χ0) is 19.7. The first-order valence-corrected chi connectivity index (χ1v) is 9.11. The van der Waals surface area contributed by atoms with Gasteiger partial charge in [-0.05, 0) is 36.8 Å². The van der Waals surface area contributed by atoms with Gasteiger partial charge in [0.25, 0.3) is 5.91 Å². The van der Waals surface area contributed by atoms with Crippen LogP contribution in [0.2, 0.25) is 0 Å². The minimum absolute atomic E-state index is 0.0980. The Morgan fingerprint density at radius 1 is 0.857 bits per heavy atom. The van der Waals surface area contributed by atoms with E-state index >= 15 is 0 Å². The molecule has 0 saturated carbocycles. The lowest BCUT2D eigenvalue weighted by atomic mass is 10.0. The lowest BCUT2D eigenvalue weighted by Gasteiger charge is -2.18. The van der Waals surface area contributed by atoms with Gasteiger partial charge in [-0.3, -0.25) is 9.59 Å². The zero-order valence-corrected chi connectivity index (χ0v) is 15.8. The summed E-state index contributed by atoms with van der Waals surface area (Å²) >= 11 is 0. The summed E-state index contributed by atoms with van der Waals surface area (Å²) in [6.07, 6.45) is 0. The number of benzene rings is 3. The molecule has 4 aromatic rings. The summed E-state index contributed by atoms with van der Waals surface area (Å²) in [4.78, 5) is 26.2. The van der Waals surface area contributed by atoms with Crippen molar-refractivity contribution >= 4 is 22.6 Å². The van der Waals surface area contributed by atoms with Crippen LogP contribution in [0, 0.1) is 6.92 Å². The van der Waals surface area contributed by atoms with Gasteiger partial charge in [-0.2, -0.15) is 0 Å². The van der Waals surface area contributed by atoms with E-state index in [2.05, 4.69) is 5.32 Å². The molecule has 1 heterocycles. The monoisotopic (exact) mass is 368 g/mol. The quantitative estimate of drug-likeness (QED) is 0.566. The zero-order valence-electron chi connectivity index (χ0n) is 15.8. The molecule has 28 heavy (non-hydrogen) atoms. The molecule has 0 unspecified atom stereocenters. The fourth-order valence-corrected chi connectivity index (χ4v) is 3.39. The molecule has 0 aliphatic heterocycles. The summed E-state index contributed by atoms with van der Waals surface area (Å²) in [5.74, 6) is 0.239. The Bertz CT molecular complexity index is 1220. The third kappa shape index (κ3) is 3.09. The third-order valence-corrected chi connectivity index (χ3v) is 4.92. The van der Waals surface area contributed by atoms with E-state index in [-0.39, 0.29) is 11.3 Å². The first kappa shape index (κ1) is 17.7. The average molecular weight is 368 g/mol. The number of pyridine rings is 1. The third-order valence-electron chi connectivity index (χ3n) is 4.92. The van der Waals surface area contributed by atoms with Crippen LogP contribution in [-0.2, 0) is 7.05 Å². The van der Waals surface area contributed by atoms with Crippen LogP contribution in [0.25, 0.3) is 22.0 Å². The smallest absolute Gasteiger partial charge is 0.256 e. The molecule has 0 aliphatic carbocycles. The van der Waals surface area contributed by atoms with E-state index < -0.39 is 0 Å².